The van der Waals surface area contributed by atoms with Crippen LogP contribution in [0.1, 0.15) is 24.8 Å². The minimum absolute atomic E-state index is 0.758. The van der Waals surface area contributed by atoms with Gasteiger partial charge >= 0.3 is 0 Å². The summed E-state index contributed by atoms with van der Waals surface area (Å²) in [6, 6.07) is 11.8. The maximum atomic E-state index is 3.79. The number of benzene rings is 1. The van der Waals surface area contributed by atoms with E-state index < -0.39 is 0 Å². The topological polar surface area (TPSA) is 15.3 Å². The highest BCUT2D eigenvalue weighted by Crippen LogP contribution is 2.31. The smallest absolute Gasteiger partial charge is 0.0128 e. The molecule has 0 saturated carbocycles. The molecule has 2 aliphatic rings. The van der Waals surface area contributed by atoms with Crippen molar-refractivity contribution in [3.63, 3.8) is 0 Å². The highest BCUT2D eigenvalue weighted by molar-refractivity contribution is 5.16. The fraction of sp³-hybridized carbons (Fsp3) is 0.647. The minimum atomic E-state index is 0.758. The molecular formula is C17H26N2. The zero-order chi connectivity index (χ0) is 13.1. The Bertz CT molecular complexity index is 382. The van der Waals surface area contributed by atoms with E-state index in [-0.39, 0.29) is 0 Å². The Morgan fingerprint density at radius 3 is 2.58 bits per heavy atom. The Kier molecular flexibility index (Phi) is 4.19. The van der Waals surface area contributed by atoms with Crippen molar-refractivity contribution in [2.24, 2.45) is 11.8 Å². The van der Waals surface area contributed by atoms with Gasteiger partial charge in [-0.25, -0.2) is 0 Å². The second-order valence-corrected chi connectivity index (χ2v) is 6.36. The maximum absolute atomic E-state index is 3.79. The van der Waals surface area contributed by atoms with Crippen LogP contribution in [0.15, 0.2) is 30.3 Å². The lowest BCUT2D eigenvalue weighted by Crippen LogP contribution is -2.42. The lowest BCUT2D eigenvalue weighted by Gasteiger charge is -2.35. The molecule has 1 aromatic carbocycles. The fourth-order valence-corrected chi connectivity index (χ4v) is 3.87. The summed E-state index contributed by atoms with van der Waals surface area (Å²) in [5.41, 5.74) is 1.51. The van der Waals surface area contributed by atoms with E-state index in [2.05, 4.69) is 47.6 Å². The summed E-state index contributed by atoms with van der Waals surface area (Å²) in [5.74, 6) is 1.74. The minimum Gasteiger partial charge on any atom is -0.313 e. The lowest BCUT2D eigenvalue weighted by molar-refractivity contribution is 0.173. The molecule has 1 N–H and O–H groups in total. The molecule has 2 fully saturated rings. The van der Waals surface area contributed by atoms with Crippen LogP contribution >= 0.6 is 0 Å². The van der Waals surface area contributed by atoms with Crippen LogP contribution in [0.25, 0.3) is 0 Å². The number of nitrogens with zero attached hydrogens (tertiary/aromatic N) is 1. The van der Waals surface area contributed by atoms with Gasteiger partial charge in [-0.1, -0.05) is 30.3 Å². The molecule has 2 nitrogen and oxygen atoms in total. The third kappa shape index (κ3) is 3.18. The molecule has 2 aliphatic heterocycles. The van der Waals surface area contributed by atoms with Gasteiger partial charge in [-0.2, -0.15) is 0 Å². The van der Waals surface area contributed by atoms with Gasteiger partial charge in [0.2, 0.25) is 0 Å². The third-order valence-corrected chi connectivity index (χ3v) is 5.01. The Hall–Kier alpha value is -0.860. The molecule has 2 heterocycles. The van der Waals surface area contributed by atoms with Crippen LogP contribution in [0.4, 0.5) is 0 Å². The van der Waals surface area contributed by atoms with Gasteiger partial charge in [0, 0.05) is 6.04 Å². The maximum Gasteiger partial charge on any atom is 0.0128 e. The Balaban J connectivity index is 1.61. The van der Waals surface area contributed by atoms with Gasteiger partial charge in [0.15, 0.2) is 0 Å². The van der Waals surface area contributed by atoms with Crippen molar-refractivity contribution in [2.75, 3.05) is 26.7 Å². The molecule has 3 rings (SSSR count). The van der Waals surface area contributed by atoms with E-state index in [1.165, 1.54) is 50.9 Å². The molecule has 0 radical (unpaired) electrons. The van der Waals surface area contributed by atoms with E-state index in [1.54, 1.807) is 0 Å². The van der Waals surface area contributed by atoms with Gasteiger partial charge in [0.25, 0.3) is 0 Å². The van der Waals surface area contributed by atoms with Crippen molar-refractivity contribution < 1.29 is 0 Å². The molecule has 0 bridgehead atoms. The van der Waals surface area contributed by atoms with Crippen molar-refractivity contribution in [1.29, 1.82) is 0 Å². The zero-order valence-corrected chi connectivity index (χ0v) is 12.0. The van der Waals surface area contributed by atoms with Crippen molar-refractivity contribution in [2.45, 2.75) is 31.7 Å². The summed E-state index contributed by atoms with van der Waals surface area (Å²) >= 11 is 0. The van der Waals surface area contributed by atoms with E-state index in [1.807, 2.05) is 0 Å². The monoisotopic (exact) mass is 258 g/mol. The van der Waals surface area contributed by atoms with Crippen LogP contribution in [0.5, 0.6) is 0 Å². The van der Waals surface area contributed by atoms with Gasteiger partial charge in [-0.05, 0) is 69.8 Å². The second-order valence-electron chi connectivity index (χ2n) is 6.36. The largest absolute Gasteiger partial charge is 0.313 e. The Morgan fingerprint density at radius 2 is 1.84 bits per heavy atom. The molecule has 1 aromatic rings. The molecule has 2 atom stereocenters. The second kappa shape index (κ2) is 6.06. The first-order chi connectivity index (χ1) is 9.33. The molecule has 104 valence electrons. The Labute approximate surface area is 117 Å². The van der Waals surface area contributed by atoms with Crippen molar-refractivity contribution >= 4 is 0 Å². The van der Waals surface area contributed by atoms with E-state index in [9.17, 15) is 0 Å². The molecule has 19 heavy (non-hydrogen) atoms. The summed E-state index contributed by atoms with van der Waals surface area (Å²) in [6.07, 6.45) is 5.36. The zero-order valence-electron chi connectivity index (χ0n) is 12.0. The molecule has 0 amide bonds. The fourth-order valence-electron chi connectivity index (χ4n) is 3.87. The van der Waals surface area contributed by atoms with Crippen molar-refractivity contribution in [3.8, 4) is 0 Å². The predicted octanol–water partition coefficient (Wildman–Crippen LogP) is 2.55. The normalized spacial score (nSPS) is 29.7. The quantitative estimate of drug-likeness (QED) is 0.896. The van der Waals surface area contributed by atoms with Gasteiger partial charge in [-0.15, -0.1) is 0 Å². The first-order valence-corrected chi connectivity index (χ1v) is 7.79. The summed E-state index contributed by atoms with van der Waals surface area (Å²) < 4.78 is 0. The van der Waals surface area contributed by atoms with Crippen LogP contribution in [0.3, 0.4) is 0 Å². The first kappa shape index (κ1) is 13.1. The van der Waals surface area contributed by atoms with Crippen LogP contribution in [0, 0.1) is 11.8 Å². The average molecular weight is 258 g/mol. The van der Waals surface area contributed by atoms with E-state index in [4.69, 9.17) is 0 Å². The molecule has 0 spiro atoms. The van der Waals surface area contributed by atoms with E-state index in [0.717, 1.165) is 17.9 Å². The van der Waals surface area contributed by atoms with Gasteiger partial charge in [0.1, 0.15) is 0 Å². The van der Waals surface area contributed by atoms with E-state index >= 15 is 0 Å². The standard InChI is InChI=1S/C17H26N2/c1-19-11-8-15(9-12-19)17-16(7-10-18-17)13-14-5-3-2-4-6-14/h2-6,15-18H,7-13H2,1H3. The molecule has 2 heteroatoms. The molecule has 2 unspecified atom stereocenters. The number of rotatable bonds is 3. The van der Waals surface area contributed by atoms with Gasteiger partial charge in [-0.3, -0.25) is 0 Å². The summed E-state index contributed by atoms with van der Waals surface area (Å²) in [4.78, 5) is 2.47. The summed E-state index contributed by atoms with van der Waals surface area (Å²) in [6.45, 7) is 3.77. The first-order valence-electron chi connectivity index (χ1n) is 7.79. The van der Waals surface area contributed by atoms with Crippen LogP contribution in [-0.4, -0.2) is 37.6 Å². The molecule has 2 saturated heterocycles. The number of piperidine rings is 1. The Morgan fingerprint density at radius 1 is 1.11 bits per heavy atom. The van der Waals surface area contributed by atoms with Crippen molar-refractivity contribution in [1.82, 2.24) is 10.2 Å². The highest BCUT2D eigenvalue weighted by Gasteiger charge is 2.34. The molecule has 0 aliphatic carbocycles. The number of likely N-dealkylation sites (tertiary alicyclic amines) is 1. The van der Waals surface area contributed by atoms with Gasteiger partial charge < -0.3 is 10.2 Å². The summed E-state index contributed by atoms with van der Waals surface area (Å²) in [7, 11) is 2.25. The predicted molar refractivity (Wildman–Crippen MR) is 80.3 cm³/mol. The number of hydrogen-bond donors (Lipinski definition) is 1. The molecule has 0 aromatic heterocycles. The molecular weight excluding hydrogens is 232 g/mol. The van der Waals surface area contributed by atoms with Crippen molar-refractivity contribution in [3.05, 3.63) is 35.9 Å². The lowest BCUT2D eigenvalue weighted by atomic mass is 9.80. The van der Waals surface area contributed by atoms with E-state index in [0.29, 0.717) is 0 Å². The van der Waals surface area contributed by atoms with Crippen LogP contribution in [0.2, 0.25) is 0 Å². The van der Waals surface area contributed by atoms with Crippen LogP contribution in [-0.2, 0) is 6.42 Å². The number of hydrogen-bond acceptors (Lipinski definition) is 2. The SMILES string of the molecule is CN1CCC(C2NCCC2Cc2ccccc2)CC1. The summed E-state index contributed by atoms with van der Waals surface area (Å²) in [5, 5.41) is 3.79. The third-order valence-electron chi connectivity index (χ3n) is 5.01. The van der Waals surface area contributed by atoms with Gasteiger partial charge in [0.05, 0.1) is 0 Å². The van der Waals surface area contributed by atoms with Crippen LogP contribution < -0.4 is 5.32 Å². The average Bonchev–Trinajstić information content (AvgIpc) is 2.89. The number of nitrogens with one attached hydrogen (secondary N) is 1. The highest BCUT2D eigenvalue weighted by atomic mass is 15.1.